The van der Waals surface area contributed by atoms with Gasteiger partial charge in [-0.15, -0.1) is 0 Å². The van der Waals surface area contributed by atoms with E-state index in [2.05, 4.69) is 0 Å². The Kier molecular flexibility index (Phi) is 3.40. The Morgan fingerprint density at radius 1 is 1.11 bits per heavy atom. The van der Waals surface area contributed by atoms with Crippen molar-refractivity contribution in [2.75, 3.05) is 21.3 Å². The summed E-state index contributed by atoms with van der Waals surface area (Å²) in [6, 6.07) is 1.82. The fourth-order valence-corrected chi connectivity index (χ4v) is 2.12. The summed E-state index contributed by atoms with van der Waals surface area (Å²) in [4.78, 5) is 11.0. The second-order valence-corrected chi connectivity index (χ2v) is 3.80. The lowest BCUT2D eigenvalue weighted by Gasteiger charge is -2.20. The number of fused-ring (bicyclic) bond motifs is 1. The lowest BCUT2D eigenvalue weighted by atomic mass is 9.91. The second-order valence-electron chi connectivity index (χ2n) is 3.80. The molecule has 2 rings (SSSR count). The summed E-state index contributed by atoms with van der Waals surface area (Å²) in [5.41, 5.74) is 2.16. The van der Waals surface area contributed by atoms with Gasteiger partial charge in [0.2, 0.25) is 5.75 Å². The van der Waals surface area contributed by atoms with E-state index in [1.807, 2.05) is 24.2 Å². The van der Waals surface area contributed by atoms with E-state index < -0.39 is 0 Å². The van der Waals surface area contributed by atoms with Gasteiger partial charge < -0.3 is 14.2 Å². The lowest BCUT2D eigenvalue weighted by Crippen LogP contribution is -2.03. The van der Waals surface area contributed by atoms with Gasteiger partial charge in [-0.3, -0.25) is 0 Å². The van der Waals surface area contributed by atoms with Gasteiger partial charge in [0.05, 0.1) is 26.9 Å². The molecule has 0 N–H and O–H groups in total. The van der Waals surface area contributed by atoms with Crippen molar-refractivity contribution in [3.05, 3.63) is 23.3 Å². The van der Waals surface area contributed by atoms with Crippen molar-refractivity contribution in [2.24, 2.45) is 0 Å². The monoisotopic (exact) mass is 246 g/mol. The molecule has 0 saturated carbocycles. The first-order valence-electron chi connectivity index (χ1n) is 5.50. The second kappa shape index (κ2) is 4.98. The Hall–Kier alpha value is -2.19. The van der Waals surface area contributed by atoms with Crippen LogP contribution < -0.4 is 14.2 Å². The Morgan fingerprint density at radius 3 is 2.39 bits per heavy atom. The molecule has 0 saturated heterocycles. The normalized spacial score (nSPS) is 12.7. The van der Waals surface area contributed by atoms with Crippen LogP contribution in [0.25, 0.3) is 11.6 Å². The summed E-state index contributed by atoms with van der Waals surface area (Å²) >= 11 is 0. The van der Waals surface area contributed by atoms with Crippen LogP contribution in [0.15, 0.2) is 12.1 Å². The lowest BCUT2D eigenvalue weighted by molar-refractivity contribution is 0.323. The van der Waals surface area contributed by atoms with E-state index in [0.29, 0.717) is 29.2 Å². The molecule has 0 heterocycles. The molecule has 18 heavy (non-hydrogen) atoms. The number of benzene rings is 1. The van der Waals surface area contributed by atoms with Crippen LogP contribution in [-0.2, 0) is 4.79 Å². The molecule has 1 aliphatic rings. The van der Waals surface area contributed by atoms with Gasteiger partial charge in [-0.05, 0) is 11.6 Å². The molecule has 0 bridgehead atoms. The Morgan fingerprint density at radius 2 is 1.83 bits per heavy atom. The van der Waals surface area contributed by atoms with Crippen LogP contribution in [0.5, 0.6) is 17.2 Å². The van der Waals surface area contributed by atoms with Crippen molar-refractivity contribution in [2.45, 2.75) is 6.42 Å². The van der Waals surface area contributed by atoms with E-state index in [-0.39, 0.29) is 0 Å². The standard InChI is InChI=1S/C14H14O4/c1-16-11-7-9-5-4-6-10(8-15)12(9)14(18-3)13(11)17-2/h4-5,7H,6H2,1-3H3. The predicted octanol–water partition coefficient (Wildman–Crippen LogP) is 2.34. The Bertz CT molecular complexity index is 551. The van der Waals surface area contributed by atoms with Crippen molar-refractivity contribution in [1.82, 2.24) is 0 Å². The minimum absolute atomic E-state index is 0.488. The highest BCUT2D eigenvalue weighted by atomic mass is 16.5. The highest BCUT2D eigenvalue weighted by Crippen LogP contribution is 2.46. The molecule has 94 valence electrons. The molecule has 0 radical (unpaired) electrons. The van der Waals surface area contributed by atoms with Crippen LogP contribution >= 0.6 is 0 Å². The minimum atomic E-state index is 0.488. The average Bonchev–Trinajstić information content (AvgIpc) is 2.43. The first kappa shape index (κ1) is 12.3. The number of hydrogen-bond acceptors (Lipinski definition) is 4. The summed E-state index contributed by atoms with van der Waals surface area (Å²) in [7, 11) is 4.64. The quantitative estimate of drug-likeness (QED) is 0.768. The molecule has 0 amide bonds. The van der Waals surface area contributed by atoms with Crippen molar-refractivity contribution in [3.63, 3.8) is 0 Å². The third kappa shape index (κ3) is 1.77. The summed E-state index contributed by atoms with van der Waals surface area (Å²) in [6.07, 6.45) is 4.39. The third-order valence-electron chi connectivity index (χ3n) is 2.90. The maximum atomic E-state index is 11.0. The molecule has 4 nitrogen and oxygen atoms in total. The van der Waals surface area contributed by atoms with Crippen molar-refractivity contribution < 1.29 is 19.0 Å². The maximum Gasteiger partial charge on any atom is 0.203 e. The predicted molar refractivity (Wildman–Crippen MR) is 68.8 cm³/mol. The van der Waals surface area contributed by atoms with Crippen molar-refractivity contribution >= 4 is 17.6 Å². The van der Waals surface area contributed by atoms with E-state index >= 15 is 0 Å². The smallest absolute Gasteiger partial charge is 0.203 e. The number of methoxy groups -OCH3 is 3. The number of carbonyl (C=O) groups excluding carboxylic acids is 1. The molecule has 0 fully saturated rings. The average molecular weight is 246 g/mol. The SMILES string of the molecule is COc1cc2c(c(OC)c1OC)C(=C=O)CC=C2. The van der Waals surface area contributed by atoms with Gasteiger partial charge in [0, 0.05) is 12.0 Å². The van der Waals surface area contributed by atoms with Gasteiger partial charge in [-0.1, -0.05) is 12.2 Å². The van der Waals surface area contributed by atoms with Gasteiger partial charge in [-0.2, -0.15) is 0 Å². The Balaban J connectivity index is 2.81. The highest BCUT2D eigenvalue weighted by Gasteiger charge is 2.24. The number of hydrogen-bond donors (Lipinski definition) is 0. The number of rotatable bonds is 3. The van der Waals surface area contributed by atoms with E-state index in [1.54, 1.807) is 7.11 Å². The topological polar surface area (TPSA) is 44.8 Å². The summed E-state index contributed by atoms with van der Waals surface area (Å²) in [5, 5.41) is 0. The van der Waals surface area contributed by atoms with E-state index in [0.717, 1.165) is 11.1 Å². The molecule has 1 aliphatic carbocycles. The molecule has 1 aromatic carbocycles. The van der Waals surface area contributed by atoms with Gasteiger partial charge in [0.25, 0.3) is 0 Å². The van der Waals surface area contributed by atoms with Crippen LogP contribution in [0, 0.1) is 0 Å². The zero-order valence-electron chi connectivity index (χ0n) is 10.6. The molecule has 1 aromatic rings. The molecule has 0 atom stereocenters. The van der Waals surface area contributed by atoms with Crippen LogP contribution in [0.2, 0.25) is 0 Å². The number of allylic oxidation sites excluding steroid dienone is 2. The molecule has 0 spiro atoms. The fourth-order valence-electron chi connectivity index (χ4n) is 2.12. The first-order valence-corrected chi connectivity index (χ1v) is 5.50. The summed E-state index contributed by atoms with van der Waals surface area (Å²) in [6.45, 7) is 0. The van der Waals surface area contributed by atoms with Crippen LogP contribution in [0.3, 0.4) is 0 Å². The van der Waals surface area contributed by atoms with Gasteiger partial charge in [0.15, 0.2) is 11.5 Å². The summed E-state index contributed by atoms with van der Waals surface area (Å²) in [5.74, 6) is 3.53. The molecular formula is C14H14O4. The van der Waals surface area contributed by atoms with Crippen molar-refractivity contribution in [3.8, 4) is 17.2 Å². The first-order chi connectivity index (χ1) is 8.76. The number of ether oxygens (including phenoxy) is 3. The third-order valence-corrected chi connectivity index (χ3v) is 2.90. The van der Waals surface area contributed by atoms with E-state index in [1.165, 1.54) is 14.2 Å². The highest BCUT2D eigenvalue weighted by molar-refractivity contribution is 5.97. The zero-order chi connectivity index (χ0) is 13.1. The molecule has 0 aromatic heterocycles. The molecule has 0 aliphatic heterocycles. The largest absolute Gasteiger partial charge is 0.493 e. The Labute approximate surface area is 105 Å². The fraction of sp³-hybridized carbons (Fsp3) is 0.286. The van der Waals surface area contributed by atoms with Crippen LogP contribution in [-0.4, -0.2) is 27.3 Å². The van der Waals surface area contributed by atoms with Gasteiger partial charge in [0.1, 0.15) is 5.94 Å². The van der Waals surface area contributed by atoms with Crippen LogP contribution in [0.1, 0.15) is 17.5 Å². The maximum absolute atomic E-state index is 11.0. The summed E-state index contributed by atoms with van der Waals surface area (Å²) < 4.78 is 15.9. The molecular weight excluding hydrogens is 232 g/mol. The van der Waals surface area contributed by atoms with Crippen molar-refractivity contribution in [1.29, 1.82) is 0 Å². The molecule has 0 unspecified atom stereocenters. The van der Waals surface area contributed by atoms with E-state index in [4.69, 9.17) is 14.2 Å². The van der Waals surface area contributed by atoms with Gasteiger partial charge in [-0.25, -0.2) is 4.79 Å². The zero-order valence-corrected chi connectivity index (χ0v) is 10.6. The minimum Gasteiger partial charge on any atom is -0.493 e. The van der Waals surface area contributed by atoms with Crippen LogP contribution in [0.4, 0.5) is 0 Å². The molecule has 4 heteroatoms. The van der Waals surface area contributed by atoms with Gasteiger partial charge >= 0.3 is 0 Å². The van der Waals surface area contributed by atoms with E-state index in [9.17, 15) is 4.79 Å².